The van der Waals surface area contributed by atoms with E-state index in [0.29, 0.717) is 17.7 Å². The molecule has 0 saturated carbocycles. The molecule has 176 valence electrons. The van der Waals surface area contributed by atoms with Crippen molar-refractivity contribution < 1.29 is 38.7 Å². The molecule has 1 aromatic heterocycles. The van der Waals surface area contributed by atoms with Crippen LogP contribution in [0.5, 0.6) is 17.2 Å². The summed E-state index contributed by atoms with van der Waals surface area (Å²) in [5, 5.41) is 30.5. The zero-order valence-electron chi connectivity index (χ0n) is 18.5. The molecule has 33 heavy (non-hydrogen) atoms. The monoisotopic (exact) mass is 458 g/mol. The molecule has 0 spiro atoms. The number of aliphatic hydroxyl groups is 1. The highest BCUT2D eigenvalue weighted by Gasteiger charge is 2.16. The first-order chi connectivity index (χ1) is 15.7. The molecule has 9 nitrogen and oxygen atoms in total. The van der Waals surface area contributed by atoms with Crippen LogP contribution in [0.2, 0.25) is 0 Å². The van der Waals surface area contributed by atoms with E-state index in [1.54, 1.807) is 19.2 Å². The number of hydrogen-bond donors (Lipinski definition) is 3. The maximum atomic E-state index is 12.6. The molecule has 0 unspecified atom stereocenters. The molecule has 0 aliphatic heterocycles. The summed E-state index contributed by atoms with van der Waals surface area (Å²) in [5.41, 5.74) is 0.770. The van der Waals surface area contributed by atoms with Gasteiger partial charge in [0.1, 0.15) is 53.3 Å². The number of ether oxygens (including phenoxy) is 3. The smallest absolute Gasteiger partial charge is 0.302 e. The third kappa shape index (κ3) is 5.82. The van der Waals surface area contributed by atoms with Gasteiger partial charge >= 0.3 is 5.97 Å². The third-order valence-corrected chi connectivity index (χ3v) is 4.97. The normalized spacial score (nSPS) is 13.0. The molecule has 2 atom stereocenters. The number of esters is 1. The summed E-state index contributed by atoms with van der Waals surface area (Å²) in [5.74, 6) is -0.515. The van der Waals surface area contributed by atoms with Crippen molar-refractivity contribution in [2.24, 2.45) is 0 Å². The third-order valence-electron chi connectivity index (χ3n) is 4.97. The second-order valence-corrected chi connectivity index (χ2v) is 7.69. The molecule has 0 fully saturated rings. The number of phenolic OH excluding ortho intramolecular Hbond substituents is 2. The minimum Gasteiger partial charge on any atom is -0.508 e. The van der Waals surface area contributed by atoms with Crippen molar-refractivity contribution in [3.8, 4) is 28.6 Å². The number of methoxy groups -OCH3 is 1. The second-order valence-electron chi connectivity index (χ2n) is 7.69. The van der Waals surface area contributed by atoms with Gasteiger partial charge in [-0.05, 0) is 11.6 Å². The Balaban J connectivity index is 1.90. The van der Waals surface area contributed by atoms with Crippen LogP contribution < -0.4 is 10.2 Å². The van der Waals surface area contributed by atoms with Gasteiger partial charge in [0.05, 0.1) is 6.61 Å². The first-order valence-electron chi connectivity index (χ1n) is 10.3. The number of carbonyl (C=O) groups excluding carboxylic acids is 1. The Labute approximate surface area is 189 Å². The standard InChI is InChI=1S/C24H26O9/c1-13(10-30-3)18-5-4-15(6-19(18)27)22-9-21(29)24-20(28)7-17(8-23(24)33-22)32-12-16(26)11-31-14(2)25/h4-9,13,16,26-28H,10-12H2,1-3H3/t13-,16+/m1/s1. The summed E-state index contributed by atoms with van der Waals surface area (Å²) in [4.78, 5) is 23.5. The molecular formula is C24H26O9. The van der Waals surface area contributed by atoms with Gasteiger partial charge in [-0.25, -0.2) is 0 Å². The van der Waals surface area contributed by atoms with E-state index in [1.165, 1.54) is 31.2 Å². The lowest BCUT2D eigenvalue weighted by molar-refractivity contribution is -0.144. The highest BCUT2D eigenvalue weighted by Crippen LogP contribution is 2.34. The van der Waals surface area contributed by atoms with E-state index >= 15 is 0 Å². The highest BCUT2D eigenvalue weighted by atomic mass is 16.5. The molecule has 0 bridgehead atoms. The lowest BCUT2D eigenvalue weighted by Crippen LogP contribution is -2.24. The van der Waals surface area contributed by atoms with Crippen molar-refractivity contribution in [2.45, 2.75) is 25.9 Å². The Morgan fingerprint density at radius 3 is 2.48 bits per heavy atom. The van der Waals surface area contributed by atoms with E-state index in [4.69, 9.17) is 18.6 Å². The average Bonchev–Trinajstić information content (AvgIpc) is 2.75. The quantitative estimate of drug-likeness (QED) is 0.414. The van der Waals surface area contributed by atoms with Gasteiger partial charge in [-0.3, -0.25) is 9.59 Å². The molecule has 2 aromatic carbocycles. The van der Waals surface area contributed by atoms with Gasteiger partial charge in [0, 0.05) is 43.7 Å². The van der Waals surface area contributed by atoms with Crippen LogP contribution in [0.3, 0.4) is 0 Å². The van der Waals surface area contributed by atoms with Crippen molar-refractivity contribution >= 4 is 16.9 Å². The summed E-state index contributed by atoms with van der Waals surface area (Å²) in [7, 11) is 1.58. The molecule has 0 saturated heterocycles. The Kier molecular flexibility index (Phi) is 7.57. The van der Waals surface area contributed by atoms with Crippen LogP contribution in [-0.4, -0.2) is 54.3 Å². The van der Waals surface area contributed by atoms with Gasteiger partial charge in [0.2, 0.25) is 0 Å². The van der Waals surface area contributed by atoms with Crippen LogP contribution in [0.15, 0.2) is 45.6 Å². The lowest BCUT2D eigenvalue weighted by Gasteiger charge is -2.14. The zero-order valence-corrected chi connectivity index (χ0v) is 18.5. The van der Waals surface area contributed by atoms with Gasteiger partial charge in [-0.15, -0.1) is 0 Å². The van der Waals surface area contributed by atoms with E-state index < -0.39 is 17.5 Å². The van der Waals surface area contributed by atoms with Crippen molar-refractivity contribution in [3.05, 3.63) is 52.2 Å². The molecule has 3 aromatic rings. The second kappa shape index (κ2) is 10.4. The maximum Gasteiger partial charge on any atom is 0.302 e. The molecule has 0 aliphatic carbocycles. The predicted molar refractivity (Wildman–Crippen MR) is 120 cm³/mol. The largest absolute Gasteiger partial charge is 0.508 e. The number of aromatic hydroxyl groups is 2. The SMILES string of the molecule is COC[C@@H](C)c1ccc(-c2cc(=O)c3c(O)cc(OC[C@@H](O)COC(C)=O)cc3o2)cc1O. The van der Waals surface area contributed by atoms with Gasteiger partial charge in [-0.2, -0.15) is 0 Å². The first kappa shape index (κ1) is 24.1. The molecule has 9 heteroatoms. The van der Waals surface area contributed by atoms with Gasteiger partial charge < -0.3 is 33.9 Å². The molecule has 1 heterocycles. The average molecular weight is 458 g/mol. The van der Waals surface area contributed by atoms with E-state index in [-0.39, 0.29) is 53.1 Å². The summed E-state index contributed by atoms with van der Waals surface area (Å²) >= 11 is 0. The number of fused-ring (bicyclic) bond motifs is 1. The summed E-state index contributed by atoms with van der Waals surface area (Å²) < 4.78 is 21.1. The fraction of sp³-hybridized carbons (Fsp3) is 0.333. The number of carbonyl (C=O) groups is 1. The first-order valence-corrected chi connectivity index (χ1v) is 10.3. The van der Waals surface area contributed by atoms with Crippen LogP contribution in [0.4, 0.5) is 0 Å². The summed E-state index contributed by atoms with van der Waals surface area (Å²) in [6.45, 7) is 3.13. The Bertz CT molecular complexity index is 1200. The molecule has 3 N–H and O–H groups in total. The maximum absolute atomic E-state index is 12.6. The number of hydrogen-bond acceptors (Lipinski definition) is 9. The van der Waals surface area contributed by atoms with Crippen LogP contribution in [-0.2, 0) is 14.3 Å². The summed E-state index contributed by atoms with van der Waals surface area (Å²) in [6.07, 6.45) is -1.08. The van der Waals surface area contributed by atoms with Crippen molar-refractivity contribution in [3.63, 3.8) is 0 Å². The van der Waals surface area contributed by atoms with Gasteiger partial charge in [-0.1, -0.05) is 19.1 Å². The molecule has 0 aliphatic rings. The van der Waals surface area contributed by atoms with E-state index in [9.17, 15) is 24.9 Å². The fourth-order valence-corrected chi connectivity index (χ4v) is 3.38. The van der Waals surface area contributed by atoms with E-state index in [2.05, 4.69) is 0 Å². The lowest BCUT2D eigenvalue weighted by atomic mass is 9.98. The van der Waals surface area contributed by atoms with E-state index in [0.717, 1.165) is 0 Å². The number of rotatable bonds is 9. The van der Waals surface area contributed by atoms with Crippen molar-refractivity contribution in [1.82, 2.24) is 0 Å². The van der Waals surface area contributed by atoms with Crippen LogP contribution in [0.1, 0.15) is 25.3 Å². The van der Waals surface area contributed by atoms with Crippen molar-refractivity contribution in [2.75, 3.05) is 26.9 Å². The van der Waals surface area contributed by atoms with E-state index in [1.807, 2.05) is 6.92 Å². The van der Waals surface area contributed by atoms with Gasteiger partial charge in [0.25, 0.3) is 0 Å². The van der Waals surface area contributed by atoms with Crippen LogP contribution in [0.25, 0.3) is 22.3 Å². The minimum absolute atomic E-state index is 0.0267. The molecule has 0 radical (unpaired) electrons. The minimum atomic E-state index is -1.08. The topological polar surface area (TPSA) is 136 Å². The number of aliphatic hydroxyl groups excluding tert-OH is 1. The Morgan fingerprint density at radius 1 is 1.06 bits per heavy atom. The predicted octanol–water partition coefficient (Wildman–Crippen LogP) is 2.92. The number of phenols is 2. The van der Waals surface area contributed by atoms with Crippen molar-refractivity contribution in [1.29, 1.82) is 0 Å². The molecule has 0 amide bonds. The number of benzene rings is 2. The zero-order chi connectivity index (χ0) is 24.1. The van der Waals surface area contributed by atoms with Gasteiger partial charge in [0.15, 0.2) is 5.43 Å². The van der Waals surface area contributed by atoms with Crippen LogP contribution >= 0.6 is 0 Å². The van der Waals surface area contributed by atoms with Crippen LogP contribution in [0, 0.1) is 0 Å². The highest BCUT2D eigenvalue weighted by molar-refractivity contribution is 5.86. The summed E-state index contributed by atoms with van der Waals surface area (Å²) in [6, 6.07) is 8.83. The molecule has 3 rings (SSSR count). The Hall–Kier alpha value is -3.56. The molecular weight excluding hydrogens is 432 g/mol. The fourth-order valence-electron chi connectivity index (χ4n) is 3.38. The Morgan fingerprint density at radius 2 is 1.82 bits per heavy atom.